The molecule has 2 aliphatic heterocycles. The zero-order valence-corrected chi connectivity index (χ0v) is 24.9. The van der Waals surface area contributed by atoms with Crippen LogP contribution in [0.3, 0.4) is 0 Å². The van der Waals surface area contributed by atoms with Crippen molar-refractivity contribution < 1.29 is 38.3 Å². The molecule has 14 heteroatoms. The number of phenols is 1. The Morgan fingerprint density at radius 3 is 2.50 bits per heavy atom. The number of carbonyl (C=O) groups excluding carboxylic acids is 4. The maximum atomic E-state index is 13.3. The van der Waals surface area contributed by atoms with Crippen LogP contribution in [0.4, 0.5) is 0 Å². The van der Waals surface area contributed by atoms with Gasteiger partial charge in [0, 0.05) is 20.0 Å². The van der Waals surface area contributed by atoms with Crippen molar-refractivity contribution in [1.29, 1.82) is 0 Å². The summed E-state index contributed by atoms with van der Waals surface area (Å²) >= 11 is 0. The molecule has 0 spiro atoms. The molecule has 0 unspecified atom stereocenters. The van der Waals surface area contributed by atoms with Gasteiger partial charge in [0.2, 0.25) is 23.6 Å². The van der Waals surface area contributed by atoms with Gasteiger partial charge in [0.15, 0.2) is 5.82 Å². The van der Waals surface area contributed by atoms with Crippen molar-refractivity contribution >= 4 is 23.6 Å². The second-order valence-corrected chi connectivity index (χ2v) is 10.7. The molecular weight excluding hydrogens is 572 g/mol. The second kappa shape index (κ2) is 14.5. The third-order valence-corrected chi connectivity index (χ3v) is 6.89. The van der Waals surface area contributed by atoms with Crippen LogP contribution >= 0.6 is 0 Å². The summed E-state index contributed by atoms with van der Waals surface area (Å²) in [6.45, 7) is 5.29. The van der Waals surface area contributed by atoms with Crippen molar-refractivity contribution in [3.63, 3.8) is 0 Å². The molecule has 5 rings (SSSR count). The molecule has 3 heterocycles. The van der Waals surface area contributed by atoms with Crippen molar-refractivity contribution in [1.82, 2.24) is 31.4 Å². The Morgan fingerprint density at radius 2 is 1.80 bits per heavy atom. The van der Waals surface area contributed by atoms with E-state index in [4.69, 9.17) is 14.0 Å². The van der Waals surface area contributed by atoms with Gasteiger partial charge >= 0.3 is 0 Å². The normalized spacial score (nSPS) is 19.3. The molecule has 0 radical (unpaired) electrons. The van der Waals surface area contributed by atoms with Crippen LogP contribution in [-0.4, -0.2) is 70.7 Å². The van der Waals surface area contributed by atoms with Gasteiger partial charge in [-0.3, -0.25) is 19.2 Å². The van der Waals surface area contributed by atoms with Crippen LogP contribution in [0, 0.1) is 5.92 Å². The molecule has 0 saturated carbocycles. The van der Waals surface area contributed by atoms with Crippen molar-refractivity contribution in [3.05, 3.63) is 65.3 Å². The molecule has 5 N–H and O–H groups in total. The van der Waals surface area contributed by atoms with Gasteiger partial charge in [-0.1, -0.05) is 31.1 Å². The van der Waals surface area contributed by atoms with E-state index < -0.39 is 41.8 Å². The van der Waals surface area contributed by atoms with Gasteiger partial charge in [-0.15, -0.1) is 0 Å². The molecule has 0 fully saturated rings. The third kappa shape index (κ3) is 8.31. The Labute approximate surface area is 253 Å². The Balaban J connectivity index is 1.59. The number of amides is 4. The average molecular weight is 609 g/mol. The zero-order chi connectivity index (χ0) is 31.8. The van der Waals surface area contributed by atoms with E-state index in [1.54, 1.807) is 45.2 Å². The maximum Gasteiger partial charge on any atom is 0.255 e. The highest BCUT2D eigenvalue weighted by Crippen LogP contribution is 2.28. The first-order valence-electron chi connectivity index (χ1n) is 14.1. The van der Waals surface area contributed by atoms with Crippen LogP contribution in [-0.2, 0) is 38.5 Å². The maximum absolute atomic E-state index is 13.3. The minimum Gasteiger partial charge on any atom is -0.507 e. The molecule has 3 aromatic rings. The number of phenolic OH excluding ortho intramolecular Hbond substituents is 1. The fourth-order valence-electron chi connectivity index (χ4n) is 4.40. The quantitative estimate of drug-likeness (QED) is 0.245. The summed E-state index contributed by atoms with van der Waals surface area (Å²) in [6, 6.07) is 7.92. The average Bonchev–Trinajstić information content (AvgIpc) is 3.45. The van der Waals surface area contributed by atoms with Crippen LogP contribution in [0.1, 0.15) is 48.4 Å². The molecule has 1 aromatic heterocycles. The van der Waals surface area contributed by atoms with E-state index in [0.29, 0.717) is 30.2 Å². The SMILES string of the molecule is COCCc1noc(CNC(=O)[C@@H]2Cc3ccc(cc3)Oc3ccc(O)c(c3)C(=O)N[C@@H](C(C)C)C(=O)N[C@@H](C)C(=O)N2)n1. The smallest absolute Gasteiger partial charge is 0.255 e. The van der Waals surface area contributed by atoms with Crippen LogP contribution < -0.4 is 26.0 Å². The zero-order valence-electron chi connectivity index (χ0n) is 24.9. The lowest BCUT2D eigenvalue weighted by molar-refractivity contribution is -0.132. The van der Waals surface area contributed by atoms with Crippen molar-refractivity contribution in [2.45, 2.75) is 58.3 Å². The van der Waals surface area contributed by atoms with E-state index in [1.807, 2.05) is 0 Å². The van der Waals surface area contributed by atoms with Crippen molar-refractivity contribution in [2.24, 2.45) is 5.92 Å². The number of aromatic nitrogens is 2. The lowest BCUT2D eigenvalue weighted by Crippen LogP contribution is -2.57. The number of methoxy groups -OCH3 is 1. The lowest BCUT2D eigenvalue weighted by Gasteiger charge is -2.25. The molecule has 2 aromatic carbocycles. The van der Waals surface area contributed by atoms with E-state index in [1.165, 1.54) is 25.1 Å². The van der Waals surface area contributed by atoms with E-state index in [0.717, 1.165) is 0 Å². The monoisotopic (exact) mass is 608 g/mol. The Hall–Kier alpha value is -4.98. The van der Waals surface area contributed by atoms with Gasteiger partial charge in [-0.2, -0.15) is 4.98 Å². The van der Waals surface area contributed by atoms with Crippen molar-refractivity contribution in [2.75, 3.05) is 13.7 Å². The number of hydrogen-bond acceptors (Lipinski definition) is 10. The highest BCUT2D eigenvalue weighted by atomic mass is 16.5. The molecule has 14 nitrogen and oxygen atoms in total. The van der Waals surface area contributed by atoms with Crippen LogP contribution in [0.25, 0.3) is 0 Å². The fourth-order valence-corrected chi connectivity index (χ4v) is 4.40. The minimum absolute atomic E-state index is 0.0609. The molecule has 234 valence electrons. The predicted molar refractivity (Wildman–Crippen MR) is 156 cm³/mol. The first-order chi connectivity index (χ1) is 21.0. The first-order valence-corrected chi connectivity index (χ1v) is 14.1. The highest BCUT2D eigenvalue weighted by molar-refractivity contribution is 6.00. The Kier molecular flexibility index (Phi) is 10.5. The summed E-state index contributed by atoms with van der Waals surface area (Å²) in [6.07, 6.45) is 0.570. The van der Waals surface area contributed by atoms with E-state index >= 15 is 0 Å². The van der Waals surface area contributed by atoms with Gasteiger partial charge < -0.3 is 40.4 Å². The number of rotatable bonds is 7. The molecular formula is C30H36N6O8. The molecule has 4 bridgehead atoms. The standard InChI is InChI=1S/C30H36N6O8/c1-16(2)26-30(41)32-17(3)27(38)33-22(29(40)31-15-25-34-24(36-44-25)11-12-42-4)13-18-5-7-19(8-6-18)43-20-9-10-23(37)21(14-20)28(39)35-26/h5-10,14,16-17,22,26,37H,11-13,15H2,1-4H3,(H,31,40)(H,32,41)(H,33,38)(H,35,39)/t17-,22-,26-/m0/s1. The molecule has 44 heavy (non-hydrogen) atoms. The molecule has 0 aliphatic carbocycles. The van der Waals surface area contributed by atoms with Crippen LogP contribution in [0.15, 0.2) is 47.0 Å². The molecule has 3 atom stereocenters. The summed E-state index contributed by atoms with van der Waals surface area (Å²) in [5.41, 5.74) is 0.631. The summed E-state index contributed by atoms with van der Waals surface area (Å²) in [4.78, 5) is 57.0. The fraction of sp³-hybridized carbons (Fsp3) is 0.400. The van der Waals surface area contributed by atoms with E-state index in [2.05, 4.69) is 31.4 Å². The Bertz CT molecular complexity index is 1490. The highest BCUT2D eigenvalue weighted by Gasteiger charge is 2.30. The number of fused-ring (bicyclic) bond motifs is 11. The minimum atomic E-state index is -1.05. The van der Waals surface area contributed by atoms with Gasteiger partial charge in [-0.25, -0.2) is 0 Å². The summed E-state index contributed by atoms with van der Waals surface area (Å²) in [5.74, 6) is -1.72. The number of nitrogens with zero attached hydrogens (tertiary/aromatic N) is 2. The van der Waals surface area contributed by atoms with Gasteiger partial charge in [0.1, 0.15) is 35.4 Å². The summed E-state index contributed by atoms with van der Waals surface area (Å²) in [7, 11) is 1.56. The van der Waals surface area contributed by atoms with Crippen LogP contribution in [0.2, 0.25) is 0 Å². The van der Waals surface area contributed by atoms with E-state index in [9.17, 15) is 24.3 Å². The van der Waals surface area contributed by atoms with E-state index in [-0.39, 0.29) is 41.8 Å². The summed E-state index contributed by atoms with van der Waals surface area (Å²) < 4.78 is 16.1. The molecule has 0 saturated heterocycles. The van der Waals surface area contributed by atoms with Gasteiger partial charge in [0.05, 0.1) is 18.7 Å². The summed E-state index contributed by atoms with van der Waals surface area (Å²) in [5, 5.41) is 24.9. The predicted octanol–water partition coefficient (Wildman–Crippen LogP) is 1.37. The Morgan fingerprint density at radius 1 is 1.07 bits per heavy atom. The number of nitrogens with one attached hydrogen (secondary N) is 4. The first kappa shape index (κ1) is 31.9. The van der Waals surface area contributed by atoms with Crippen LogP contribution in [0.5, 0.6) is 17.2 Å². The lowest BCUT2D eigenvalue weighted by atomic mass is 10.0. The number of aromatic hydroxyl groups is 1. The number of carbonyl (C=O) groups is 4. The van der Waals surface area contributed by atoms with Gasteiger partial charge in [0.25, 0.3) is 5.91 Å². The van der Waals surface area contributed by atoms with Gasteiger partial charge in [-0.05, 0) is 48.7 Å². The topological polar surface area (TPSA) is 194 Å². The molecule has 2 aliphatic rings. The van der Waals surface area contributed by atoms with Crippen molar-refractivity contribution in [3.8, 4) is 17.2 Å². The number of benzene rings is 2. The largest absolute Gasteiger partial charge is 0.507 e. The number of ether oxygens (including phenoxy) is 2. The molecule has 4 amide bonds. The second-order valence-electron chi connectivity index (χ2n) is 10.7. The third-order valence-electron chi connectivity index (χ3n) is 6.89. The number of hydrogen-bond donors (Lipinski definition) is 5.